The van der Waals surface area contributed by atoms with E-state index in [4.69, 9.17) is 0 Å². The molecule has 0 aliphatic carbocycles. The molecule has 0 N–H and O–H groups in total. The Morgan fingerprint density at radius 2 is 1.31 bits per heavy atom. The molecule has 3 nitrogen and oxygen atoms in total. The van der Waals surface area contributed by atoms with E-state index in [0.717, 1.165) is 49.7 Å². The maximum absolute atomic E-state index is 15.5. The van der Waals surface area contributed by atoms with Gasteiger partial charge in [0.25, 0.3) is 0 Å². The molecular formula is C35H55N2OP. The highest BCUT2D eigenvalue weighted by atomic mass is 31.2. The van der Waals surface area contributed by atoms with Crippen LogP contribution in [0.25, 0.3) is 11.1 Å². The molecule has 0 heterocycles. The maximum atomic E-state index is 15.5. The summed E-state index contributed by atoms with van der Waals surface area (Å²) in [5.74, 6) is 7.06. The first-order valence-electron chi connectivity index (χ1n) is 15.3. The molecule has 0 radical (unpaired) electrons. The predicted molar refractivity (Wildman–Crippen MR) is 172 cm³/mol. The van der Waals surface area contributed by atoms with Crippen LogP contribution in [-0.4, -0.2) is 33.5 Å². The fourth-order valence-corrected chi connectivity index (χ4v) is 10.1. The summed E-state index contributed by atoms with van der Waals surface area (Å²) in [6, 6.07) is 16.0. The second kappa shape index (κ2) is 15.8. The predicted octanol–water partition coefficient (Wildman–Crippen LogP) is 10.2. The molecule has 0 aliphatic heterocycles. The van der Waals surface area contributed by atoms with Crippen LogP contribution in [0.4, 0.5) is 0 Å². The molecule has 0 aromatic heterocycles. The first-order valence-corrected chi connectivity index (χ1v) is 17.1. The van der Waals surface area contributed by atoms with E-state index in [0.29, 0.717) is 6.16 Å². The summed E-state index contributed by atoms with van der Waals surface area (Å²) in [4.78, 5) is 0. The van der Waals surface area contributed by atoms with Gasteiger partial charge in [-0.1, -0.05) is 74.9 Å². The molecule has 0 saturated carbocycles. The third-order valence-electron chi connectivity index (χ3n) is 7.26. The number of nitrogens with zero attached hydrogens (tertiary/aromatic N) is 2. The van der Waals surface area contributed by atoms with E-state index in [1.165, 1.54) is 16.7 Å². The van der Waals surface area contributed by atoms with Gasteiger partial charge in [0.05, 0.1) is 6.16 Å². The fraction of sp³-hybridized carbons (Fsp3) is 0.600. The zero-order chi connectivity index (χ0) is 29.2. The summed E-state index contributed by atoms with van der Waals surface area (Å²) >= 11 is 0. The van der Waals surface area contributed by atoms with Crippen molar-refractivity contribution in [2.45, 2.75) is 138 Å². The normalized spacial score (nSPS) is 12.3. The van der Waals surface area contributed by atoms with Crippen LogP contribution in [0.3, 0.4) is 0 Å². The SMILES string of the molecule is CCCCC#Cc1c(CCCC)cc(CP(=O)(N(C(C)C)C(C)C)N(C(C)C)C(C)C)cc1-c1ccccc1. The van der Waals surface area contributed by atoms with Gasteiger partial charge in [-0.25, -0.2) is 9.34 Å². The molecule has 39 heavy (non-hydrogen) atoms. The highest BCUT2D eigenvalue weighted by Crippen LogP contribution is 2.60. The molecule has 0 spiro atoms. The molecule has 0 saturated heterocycles. The largest absolute Gasteiger partial charge is 0.288 e. The van der Waals surface area contributed by atoms with Gasteiger partial charge in [-0.3, -0.25) is 4.57 Å². The first kappa shape index (κ1) is 33.4. The van der Waals surface area contributed by atoms with Crippen molar-refractivity contribution in [3.8, 4) is 23.0 Å². The Labute approximate surface area is 241 Å². The van der Waals surface area contributed by atoms with Crippen LogP contribution in [0.5, 0.6) is 0 Å². The monoisotopic (exact) mass is 550 g/mol. The van der Waals surface area contributed by atoms with E-state index >= 15 is 4.57 Å². The molecule has 0 atom stereocenters. The average Bonchev–Trinajstić information content (AvgIpc) is 2.85. The Kier molecular flexibility index (Phi) is 13.5. The molecule has 0 fully saturated rings. The average molecular weight is 551 g/mol. The lowest BCUT2D eigenvalue weighted by Gasteiger charge is -2.47. The van der Waals surface area contributed by atoms with Gasteiger partial charge in [0, 0.05) is 36.2 Å². The molecule has 0 amide bonds. The molecular weight excluding hydrogens is 495 g/mol. The Hall–Kier alpha value is -1.85. The van der Waals surface area contributed by atoms with Crippen LogP contribution in [0.15, 0.2) is 42.5 Å². The van der Waals surface area contributed by atoms with Gasteiger partial charge in [0.2, 0.25) is 7.44 Å². The molecule has 2 aromatic carbocycles. The zero-order valence-corrected chi connectivity index (χ0v) is 27.4. The smallest absolute Gasteiger partial charge is 0.221 e. The van der Waals surface area contributed by atoms with Crippen molar-refractivity contribution < 1.29 is 4.57 Å². The minimum absolute atomic E-state index is 0.174. The van der Waals surface area contributed by atoms with Crippen LogP contribution in [0, 0.1) is 11.8 Å². The third-order valence-corrected chi connectivity index (χ3v) is 11.3. The van der Waals surface area contributed by atoms with Gasteiger partial charge in [-0.05, 0) is 103 Å². The van der Waals surface area contributed by atoms with Crippen LogP contribution < -0.4 is 0 Å². The number of benzene rings is 2. The standard InChI is InChI=1S/C35H55N2OP/c1-11-13-15-19-23-34-33(20-14-12-2)24-31(25-35(34)32-21-17-16-18-22-32)26-39(38,36(27(3)4)28(5)6)37(29(7)8)30(9)10/h16-18,21-22,24-25,27-30H,11-15,20,26H2,1-10H3. The van der Waals surface area contributed by atoms with E-state index < -0.39 is 7.44 Å². The highest BCUT2D eigenvalue weighted by molar-refractivity contribution is 7.58. The highest BCUT2D eigenvalue weighted by Gasteiger charge is 2.42. The second-order valence-corrected chi connectivity index (χ2v) is 14.6. The summed E-state index contributed by atoms with van der Waals surface area (Å²) in [6.07, 6.45) is 6.97. The van der Waals surface area contributed by atoms with Crippen LogP contribution in [-0.2, 0) is 17.1 Å². The van der Waals surface area contributed by atoms with E-state index in [1.807, 2.05) is 0 Å². The summed E-state index contributed by atoms with van der Waals surface area (Å²) in [7, 11) is -2.96. The van der Waals surface area contributed by atoms with E-state index in [9.17, 15) is 0 Å². The molecule has 216 valence electrons. The quantitative estimate of drug-likeness (QED) is 0.133. The van der Waals surface area contributed by atoms with Crippen molar-refractivity contribution in [1.29, 1.82) is 0 Å². The van der Waals surface area contributed by atoms with E-state index in [2.05, 4.69) is 133 Å². The number of hydrogen-bond donors (Lipinski definition) is 0. The van der Waals surface area contributed by atoms with Crippen molar-refractivity contribution in [2.24, 2.45) is 0 Å². The number of hydrogen-bond acceptors (Lipinski definition) is 1. The second-order valence-electron chi connectivity index (χ2n) is 12.0. The first-order chi connectivity index (χ1) is 18.5. The molecule has 2 rings (SSSR count). The summed E-state index contributed by atoms with van der Waals surface area (Å²) in [5.41, 5.74) is 5.96. The number of aryl methyl sites for hydroxylation is 1. The van der Waals surface area contributed by atoms with Gasteiger partial charge in [0.1, 0.15) is 0 Å². The van der Waals surface area contributed by atoms with Crippen molar-refractivity contribution in [1.82, 2.24) is 9.34 Å². The Morgan fingerprint density at radius 3 is 1.79 bits per heavy atom. The van der Waals surface area contributed by atoms with Gasteiger partial charge in [0.15, 0.2) is 0 Å². The number of unbranched alkanes of at least 4 members (excludes halogenated alkanes) is 3. The van der Waals surface area contributed by atoms with Crippen molar-refractivity contribution in [3.63, 3.8) is 0 Å². The lowest BCUT2D eigenvalue weighted by atomic mass is 9.91. The topological polar surface area (TPSA) is 23.6 Å². The Morgan fingerprint density at radius 1 is 0.769 bits per heavy atom. The fourth-order valence-electron chi connectivity index (χ4n) is 5.99. The number of rotatable bonds is 14. The summed E-state index contributed by atoms with van der Waals surface area (Å²) < 4.78 is 20.1. The van der Waals surface area contributed by atoms with E-state index in [-0.39, 0.29) is 24.2 Å². The van der Waals surface area contributed by atoms with Gasteiger partial charge in [-0.15, -0.1) is 0 Å². The summed E-state index contributed by atoms with van der Waals surface area (Å²) in [5, 5.41) is 0. The Bertz CT molecular complexity index is 1080. The van der Waals surface area contributed by atoms with Crippen LogP contribution in [0.1, 0.15) is 118 Å². The third kappa shape index (κ3) is 8.82. The molecule has 0 aliphatic rings. The van der Waals surface area contributed by atoms with Gasteiger partial charge >= 0.3 is 0 Å². The Balaban J connectivity index is 2.83. The van der Waals surface area contributed by atoms with Gasteiger partial charge in [-0.2, -0.15) is 0 Å². The molecule has 2 aromatic rings. The minimum atomic E-state index is -2.96. The van der Waals surface area contributed by atoms with Crippen LogP contribution in [0.2, 0.25) is 0 Å². The van der Waals surface area contributed by atoms with Crippen LogP contribution >= 0.6 is 7.44 Å². The van der Waals surface area contributed by atoms with Crippen molar-refractivity contribution >= 4 is 7.44 Å². The van der Waals surface area contributed by atoms with Crippen molar-refractivity contribution in [2.75, 3.05) is 0 Å². The van der Waals surface area contributed by atoms with E-state index in [1.54, 1.807) is 0 Å². The molecule has 0 unspecified atom stereocenters. The summed E-state index contributed by atoms with van der Waals surface area (Å²) in [6.45, 7) is 21.9. The lowest BCUT2D eigenvalue weighted by molar-refractivity contribution is 0.224. The molecule has 0 bridgehead atoms. The maximum Gasteiger partial charge on any atom is 0.221 e. The lowest BCUT2D eigenvalue weighted by Crippen LogP contribution is -2.45. The van der Waals surface area contributed by atoms with Crippen molar-refractivity contribution in [3.05, 3.63) is 59.2 Å². The van der Waals surface area contributed by atoms with Gasteiger partial charge < -0.3 is 0 Å². The molecule has 4 heteroatoms. The zero-order valence-electron chi connectivity index (χ0n) is 26.6. The minimum Gasteiger partial charge on any atom is -0.288 e.